The van der Waals surface area contributed by atoms with E-state index in [1.54, 1.807) is 0 Å². The second-order valence-corrected chi connectivity index (χ2v) is 4.76. The molecular weight excluding hydrogens is 258 g/mol. The van der Waals surface area contributed by atoms with E-state index in [9.17, 15) is 4.79 Å². The van der Waals surface area contributed by atoms with Gasteiger partial charge in [-0.05, 0) is 11.6 Å². The summed E-state index contributed by atoms with van der Waals surface area (Å²) in [6.45, 7) is 2.92. The van der Waals surface area contributed by atoms with Gasteiger partial charge in [0.2, 0.25) is 5.91 Å². The number of amides is 1. The van der Waals surface area contributed by atoms with Crippen LogP contribution in [-0.4, -0.2) is 25.6 Å². The second kappa shape index (κ2) is 5.81. The summed E-state index contributed by atoms with van der Waals surface area (Å²) < 4.78 is 5.64. The van der Waals surface area contributed by atoms with Gasteiger partial charge in [0.15, 0.2) is 0 Å². The number of carbonyl (C=O) groups excluding carboxylic acids is 1. The lowest BCUT2D eigenvalue weighted by molar-refractivity contribution is -0.128. The summed E-state index contributed by atoms with van der Waals surface area (Å²) in [7, 11) is 0. The number of nitrogens with one attached hydrogen (secondary N) is 1. The van der Waals surface area contributed by atoms with Crippen molar-refractivity contribution in [2.45, 2.75) is 12.5 Å². The number of hydrogen-bond acceptors (Lipinski definition) is 4. The minimum absolute atomic E-state index is 0.124. The Morgan fingerprint density at radius 2 is 2.40 bits per heavy atom. The van der Waals surface area contributed by atoms with Crippen LogP contribution in [0.25, 0.3) is 10.4 Å². The van der Waals surface area contributed by atoms with Crippen molar-refractivity contribution in [1.29, 1.82) is 0 Å². The Hall–Kier alpha value is -2.24. The van der Waals surface area contributed by atoms with Crippen molar-refractivity contribution >= 4 is 5.91 Å². The van der Waals surface area contributed by atoms with Gasteiger partial charge in [-0.2, -0.15) is 0 Å². The quantitative estimate of drug-likeness (QED) is 0.365. The van der Waals surface area contributed by atoms with E-state index < -0.39 is 11.4 Å². The van der Waals surface area contributed by atoms with Gasteiger partial charge in [0.1, 0.15) is 11.3 Å². The molecule has 2 rings (SSSR count). The van der Waals surface area contributed by atoms with Gasteiger partial charge in [-0.1, -0.05) is 30.2 Å². The Morgan fingerprint density at radius 3 is 3.10 bits per heavy atom. The first-order valence-electron chi connectivity index (χ1n) is 6.41. The number of hydrogen-bond donors (Lipinski definition) is 2. The number of carbonyl (C=O) groups is 1. The highest BCUT2D eigenvalue weighted by Gasteiger charge is 2.47. The molecule has 0 aliphatic carbocycles. The van der Waals surface area contributed by atoms with Gasteiger partial charge in [0.25, 0.3) is 0 Å². The van der Waals surface area contributed by atoms with Gasteiger partial charge in [-0.25, -0.2) is 0 Å². The molecule has 1 heterocycles. The predicted octanol–water partition coefficient (Wildman–Crippen LogP) is 1.30. The molecule has 20 heavy (non-hydrogen) atoms. The first kappa shape index (κ1) is 14.2. The van der Waals surface area contributed by atoms with Crippen molar-refractivity contribution in [2.75, 3.05) is 19.7 Å². The fourth-order valence-corrected chi connectivity index (χ4v) is 2.60. The number of nitrogens with zero attached hydrogens (tertiary/aromatic N) is 3. The topological polar surface area (TPSA) is 113 Å². The predicted molar refractivity (Wildman–Crippen MR) is 74.0 cm³/mol. The lowest BCUT2D eigenvalue weighted by Gasteiger charge is -2.41. The maximum Gasteiger partial charge on any atom is 0.242 e. The number of benzene rings is 1. The van der Waals surface area contributed by atoms with Gasteiger partial charge < -0.3 is 10.5 Å². The highest BCUT2D eigenvalue weighted by atomic mass is 16.5. The minimum atomic E-state index is -1.00. The first-order valence-corrected chi connectivity index (χ1v) is 6.41. The lowest BCUT2D eigenvalue weighted by Crippen LogP contribution is -2.60. The van der Waals surface area contributed by atoms with Crippen LogP contribution in [0.3, 0.4) is 0 Å². The number of ether oxygens (including phenoxy) is 1. The third-order valence-corrected chi connectivity index (χ3v) is 3.61. The maximum atomic E-state index is 12.1. The van der Waals surface area contributed by atoms with Crippen LogP contribution < -0.4 is 15.8 Å². The summed E-state index contributed by atoms with van der Waals surface area (Å²) in [6, 6.07) is 7.33. The molecule has 3 N–H and O–H groups in total. The van der Waals surface area contributed by atoms with E-state index in [1.807, 2.05) is 31.2 Å². The van der Waals surface area contributed by atoms with Crippen molar-refractivity contribution in [3.8, 4) is 5.75 Å². The zero-order valence-electron chi connectivity index (χ0n) is 11.2. The van der Waals surface area contributed by atoms with E-state index in [0.717, 1.165) is 5.56 Å². The van der Waals surface area contributed by atoms with Crippen LogP contribution in [0.1, 0.15) is 12.5 Å². The van der Waals surface area contributed by atoms with Gasteiger partial charge >= 0.3 is 0 Å². The average molecular weight is 275 g/mol. The molecular formula is C13H17N5O2. The summed E-state index contributed by atoms with van der Waals surface area (Å²) >= 11 is 0. The van der Waals surface area contributed by atoms with Crippen molar-refractivity contribution in [1.82, 2.24) is 5.32 Å². The molecule has 1 amide bonds. The molecule has 0 saturated carbocycles. The molecule has 1 aliphatic heterocycles. The molecule has 0 aromatic heterocycles. The fraction of sp³-hybridized carbons (Fsp3) is 0.462. The van der Waals surface area contributed by atoms with Crippen LogP contribution in [0.2, 0.25) is 0 Å². The van der Waals surface area contributed by atoms with Gasteiger partial charge in [-0.15, -0.1) is 0 Å². The van der Waals surface area contributed by atoms with Crippen LogP contribution in [0.5, 0.6) is 5.75 Å². The molecule has 0 spiro atoms. The van der Waals surface area contributed by atoms with E-state index in [2.05, 4.69) is 15.3 Å². The third kappa shape index (κ3) is 2.29. The van der Waals surface area contributed by atoms with Crippen molar-refractivity contribution in [3.05, 3.63) is 40.3 Å². The molecule has 2 unspecified atom stereocenters. The molecule has 1 aromatic rings. The summed E-state index contributed by atoms with van der Waals surface area (Å²) in [5.74, 6) is 0.0725. The molecule has 0 radical (unpaired) electrons. The summed E-state index contributed by atoms with van der Waals surface area (Å²) in [6.07, 6.45) is 0. The number of para-hydroxylation sites is 1. The number of primary amides is 1. The average Bonchev–Trinajstić information content (AvgIpc) is 2.45. The number of fused-ring (bicyclic) bond motifs is 1. The SMILES string of the molecule is CC1COc2ccccc2C1(NCCN=[N+]=[N-])C(N)=O. The standard InChI is InChI=1S/C13H17N5O2/c1-9-8-20-11-5-3-2-4-10(11)13(9,12(14)19)16-6-7-17-18-15/h2-5,9,16H,6-8H2,1H3,(H2,14,19). The lowest BCUT2D eigenvalue weighted by atomic mass is 9.76. The Balaban J connectivity index is 2.39. The van der Waals surface area contributed by atoms with Crippen molar-refractivity contribution in [3.63, 3.8) is 0 Å². The Morgan fingerprint density at radius 1 is 1.65 bits per heavy atom. The van der Waals surface area contributed by atoms with E-state index >= 15 is 0 Å². The molecule has 1 aromatic carbocycles. The fourth-order valence-electron chi connectivity index (χ4n) is 2.60. The van der Waals surface area contributed by atoms with Crippen LogP contribution in [0.15, 0.2) is 29.4 Å². The molecule has 106 valence electrons. The monoisotopic (exact) mass is 275 g/mol. The van der Waals surface area contributed by atoms with Crippen LogP contribution >= 0.6 is 0 Å². The van der Waals surface area contributed by atoms with Gasteiger partial charge in [0.05, 0.1) is 6.61 Å². The van der Waals surface area contributed by atoms with Crippen molar-refractivity contribution < 1.29 is 9.53 Å². The maximum absolute atomic E-state index is 12.1. The molecule has 0 bridgehead atoms. The second-order valence-electron chi connectivity index (χ2n) is 4.76. The molecule has 2 atom stereocenters. The molecule has 7 heteroatoms. The third-order valence-electron chi connectivity index (χ3n) is 3.61. The number of nitrogens with two attached hydrogens (primary N) is 1. The highest BCUT2D eigenvalue weighted by molar-refractivity contribution is 5.88. The Bertz CT molecular complexity index is 555. The largest absolute Gasteiger partial charge is 0.493 e. The number of azide groups is 1. The van der Waals surface area contributed by atoms with Crippen LogP contribution in [0, 0.1) is 5.92 Å². The van der Waals surface area contributed by atoms with Gasteiger partial charge in [-0.3, -0.25) is 10.1 Å². The molecule has 7 nitrogen and oxygen atoms in total. The number of rotatable bonds is 5. The zero-order chi connectivity index (χ0) is 14.6. The van der Waals surface area contributed by atoms with E-state index in [0.29, 0.717) is 18.9 Å². The molecule has 0 saturated heterocycles. The normalized spacial score (nSPS) is 24.1. The summed E-state index contributed by atoms with van der Waals surface area (Å²) in [4.78, 5) is 14.8. The smallest absolute Gasteiger partial charge is 0.242 e. The Kier molecular flexibility index (Phi) is 4.12. The molecule has 1 aliphatic rings. The van der Waals surface area contributed by atoms with E-state index in [1.165, 1.54) is 0 Å². The minimum Gasteiger partial charge on any atom is -0.493 e. The van der Waals surface area contributed by atoms with E-state index in [4.69, 9.17) is 16.0 Å². The Labute approximate surface area is 116 Å². The summed E-state index contributed by atoms with van der Waals surface area (Å²) in [5, 5.41) is 6.62. The van der Waals surface area contributed by atoms with Crippen LogP contribution in [0.4, 0.5) is 0 Å². The molecule has 0 fully saturated rings. The summed E-state index contributed by atoms with van der Waals surface area (Å²) in [5.41, 5.74) is 13.7. The van der Waals surface area contributed by atoms with E-state index in [-0.39, 0.29) is 12.5 Å². The van der Waals surface area contributed by atoms with Crippen molar-refractivity contribution in [2.24, 2.45) is 16.8 Å². The highest BCUT2D eigenvalue weighted by Crippen LogP contribution is 2.40. The first-order chi connectivity index (χ1) is 9.63. The zero-order valence-corrected chi connectivity index (χ0v) is 11.2. The van der Waals surface area contributed by atoms with Crippen LogP contribution in [-0.2, 0) is 10.3 Å². The van der Waals surface area contributed by atoms with Gasteiger partial charge in [0, 0.05) is 29.5 Å².